The lowest BCUT2D eigenvalue weighted by Crippen LogP contribution is -2.40. The summed E-state index contributed by atoms with van der Waals surface area (Å²) in [7, 11) is 0. The molecule has 0 saturated carbocycles. The molecule has 106 valence electrons. The van der Waals surface area contributed by atoms with Crippen molar-refractivity contribution in [3.63, 3.8) is 0 Å². The number of hydrogen-bond acceptors (Lipinski definition) is 3. The molecule has 1 atom stereocenters. The van der Waals surface area contributed by atoms with Gasteiger partial charge in [-0.25, -0.2) is 0 Å². The zero-order valence-electron chi connectivity index (χ0n) is 11.7. The van der Waals surface area contributed by atoms with E-state index >= 15 is 0 Å². The van der Waals surface area contributed by atoms with E-state index in [1.807, 2.05) is 37.3 Å². The van der Waals surface area contributed by atoms with Gasteiger partial charge in [-0.15, -0.1) is 0 Å². The van der Waals surface area contributed by atoms with E-state index in [2.05, 4.69) is 15.5 Å². The third kappa shape index (κ3) is 3.24. The van der Waals surface area contributed by atoms with Crippen LogP contribution in [0.25, 0.3) is 11.3 Å². The summed E-state index contributed by atoms with van der Waals surface area (Å²) in [6.45, 7) is 3.78. The fourth-order valence-electron chi connectivity index (χ4n) is 1.77. The second kappa shape index (κ2) is 5.88. The van der Waals surface area contributed by atoms with Crippen LogP contribution in [0.5, 0.6) is 0 Å². The van der Waals surface area contributed by atoms with E-state index < -0.39 is 5.60 Å². The van der Waals surface area contributed by atoms with Gasteiger partial charge in [-0.1, -0.05) is 37.3 Å². The highest BCUT2D eigenvalue weighted by molar-refractivity contribution is 5.99. The van der Waals surface area contributed by atoms with Crippen molar-refractivity contribution in [1.82, 2.24) is 15.5 Å². The van der Waals surface area contributed by atoms with Gasteiger partial charge in [0.05, 0.1) is 23.1 Å². The average molecular weight is 273 g/mol. The van der Waals surface area contributed by atoms with Crippen LogP contribution in [0.1, 0.15) is 30.6 Å². The minimum atomic E-state index is -0.897. The summed E-state index contributed by atoms with van der Waals surface area (Å²) >= 11 is 0. The maximum Gasteiger partial charge on any atom is 0.255 e. The van der Waals surface area contributed by atoms with E-state index in [0.29, 0.717) is 17.7 Å². The Bertz CT molecular complexity index is 576. The molecule has 1 aromatic carbocycles. The van der Waals surface area contributed by atoms with Gasteiger partial charge in [-0.05, 0) is 13.3 Å². The van der Waals surface area contributed by atoms with Crippen LogP contribution in [0, 0.1) is 0 Å². The number of rotatable bonds is 5. The molecule has 0 aliphatic rings. The molecule has 0 saturated heterocycles. The van der Waals surface area contributed by atoms with Crippen LogP contribution in [0.3, 0.4) is 0 Å². The first-order valence-corrected chi connectivity index (χ1v) is 6.63. The molecule has 0 aliphatic carbocycles. The lowest BCUT2D eigenvalue weighted by atomic mass is 10.0. The van der Waals surface area contributed by atoms with E-state index in [-0.39, 0.29) is 12.5 Å². The minimum absolute atomic E-state index is 0.210. The van der Waals surface area contributed by atoms with Crippen molar-refractivity contribution in [3.8, 4) is 11.3 Å². The lowest BCUT2D eigenvalue weighted by Gasteiger charge is -2.21. The first kappa shape index (κ1) is 14.3. The minimum Gasteiger partial charge on any atom is -0.388 e. The normalized spacial score (nSPS) is 13.8. The standard InChI is InChI=1S/C15H19N3O2/c1-3-15(2,20)10-16-14(19)12-9-17-18-13(12)11-7-5-4-6-8-11/h4-9,20H,3,10H2,1-2H3,(H,16,19)(H,17,18). The topological polar surface area (TPSA) is 78.0 Å². The van der Waals surface area contributed by atoms with Crippen LogP contribution in [0.4, 0.5) is 0 Å². The van der Waals surface area contributed by atoms with Crippen molar-refractivity contribution >= 4 is 5.91 Å². The van der Waals surface area contributed by atoms with Gasteiger partial charge in [0.2, 0.25) is 0 Å². The van der Waals surface area contributed by atoms with Gasteiger partial charge in [-0.2, -0.15) is 5.10 Å². The van der Waals surface area contributed by atoms with E-state index in [4.69, 9.17) is 0 Å². The smallest absolute Gasteiger partial charge is 0.255 e. The van der Waals surface area contributed by atoms with Gasteiger partial charge in [0.1, 0.15) is 0 Å². The molecule has 1 heterocycles. The summed E-state index contributed by atoms with van der Waals surface area (Å²) < 4.78 is 0. The van der Waals surface area contributed by atoms with Crippen molar-refractivity contribution in [2.24, 2.45) is 0 Å². The molecule has 0 spiro atoms. The molecule has 0 aliphatic heterocycles. The molecule has 0 bridgehead atoms. The molecule has 1 amide bonds. The quantitative estimate of drug-likeness (QED) is 0.779. The number of nitrogens with zero attached hydrogens (tertiary/aromatic N) is 1. The van der Waals surface area contributed by atoms with E-state index in [1.165, 1.54) is 6.20 Å². The third-order valence-corrected chi connectivity index (χ3v) is 3.34. The van der Waals surface area contributed by atoms with Crippen LogP contribution >= 0.6 is 0 Å². The van der Waals surface area contributed by atoms with E-state index in [0.717, 1.165) is 5.56 Å². The third-order valence-electron chi connectivity index (χ3n) is 3.34. The molecule has 1 aromatic heterocycles. The first-order valence-electron chi connectivity index (χ1n) is 6.63. The van der Waals surface area contributed by atoms with Crippen molar-refractivity contribution in [2.45, 2.75) is 25.9 Å². The molecular formula is C15H19N3O2. The maximum atomic E-state index is 12.2. The SMILES string of the molecule is CCC(C)(O)CNC(=O)c1cn[nH]c1-c1ccccc1. The Labute approximate surface area is 118 Å². The maximum absolute atomic E-state index is 12.2. The van der Waals surface area contributed by atoms with Crippen LogP contribution in [0.2, 0.25) is 0 Å². The number of nitrogens with one attached hydrogen (secondary N) is 2. The van der Waals surface area contributed by atoms with Gasteiger partial charge in [0.15, 0.2) is 0 Å². The molecule has 0 fully saturated rings. The predicted octanol–water partition coefficient (Wildman–Crippen LogP) is 1.97. The van der Waals surface area contributed by atoms with Gasteiger partial charge >= 0.3 is 0 Å². The fourth-order valence-corrected chi connectivity index (χ4v) is 1.77. The molecule has 3 N–H and O–H groups in total. The Morgan fingerprint density at radius 1 is 1.40 bits per heavy atom. The number of aliphatic hydroxyl groups is 1. The average Bonchev–Trinajstić information content (AvgIpc) is 2.95. The van der Waals surface area contributed by atoms with Crippen molar-refractivity contribution < 1.29 is 9.90 Å². The number of carbonyl (C=O) groups excluding carboxylic acids is 1. The first-order chi connectivity index (χ1) is 9.53. The summed E-state index contributed by atoms with van der Waals surface area (Å²) in [6.07, 6.45) is 2.07. The zero-order chi connectivity index (χ0) is 14.6. The molecule has 5 nitrogen and oxygen atoms in total. The number of aromatic amines is 1. The highest BCUT2D eigenvalue weighted by Crippen LogP contribution is 2.20. The van der Waals surface area contributed by atoms with Crippen LogP contribution < -0.4 is 5.32 Å². The monoisotopic (exact) mass is 273 g/mol. The largest absolute Gasteiger partial charge is 0.388 e. The van der Waals surface area contributed by atoms with Gasteiger partial charge in [-0.3, -0.25) is 9.89 Å². The summed E-state index contributed by atoms with van der Waals surface area (Å²) in [5.74, 6) is -0.244. The second-order valence-corrected chi connectivity index (χ2v) is 5.06. The fraction of sp³-hybridized carbons (Fsp3) is 0.333. The molecular weight excluding hydrogens is 254 g/mol. The Balaban J connectivity index is 2.14. The molecule has 5 heteroatoms. The number of benzene rings is 1. The number of aromatic nitrogens is 2. The summed E-state index contributed by atoms with van der Waals surface area (Å²) in [4.78, 5) is 12.2. The summed E-state index contributed by atoms with van der Waals surface area (Å²) in [5, 5.41) is 19.4. The number of amides is 1. The second-order valence-electron chi connectivity index (χ2n) is 5.06. The lowest BCUT2D eigenvalue weighted by molar-refractivity contribution is 0.0518. The van der Waals surface area contributed by atoms with Gasteiger partial charge in [0, 0.05) is 12.1 Å². The van der Waals surface area contributed by atoms with Crippen LogP contribution in [-0.4, -0.2) is 33.4 Å². The van der Waals surface area contributed by atoms with E-state index in [9.17, 15) is 9.90 Å². The number of hydrogen-bond donors (Lipinski definition) is 3. The Morgan fingerprint density at radius 2 is 2.10 bits per heavy atom. The van der Waals surface area contributed by atoms with Crippen molar-refractivity contribution in [3.05, 3.63) is 42.1 Å². The molecule has 2 rings (SSSR count). The molecule has 20 heavy (non-hydrogen) atoms. The zero-order valence-corrected chi connectivity index (χ0v) is 11.7. The molecule has 2 aromatic rings. The van der Waals surface area contributed by atoms with Gasteiger partial charge in [0.25, 0.3) is 5.91 Å². The Hall–Kier alpha value is -2.14. The predicted molar refractivity (Wildman–Crippen MR) is 77.3 cm³/mol. The summed E-state index contributed by atoms with van der Waals surface area (Å²) in [6, 6.07) is 9.54. The number of carbonyl (C=O) groups is 1. The number of H-pyrrole nitrogens is 1. The van der Waals surface area contributed by atoms with E-state index in [1.54, 1.807) is 6.92 Å². The summed E-state index contributed by atoms with van der Waals surface area (Å²) in [5.41, 5.74) is 1.16. The molecule has 0 radical (unpaired) electrons. The molecule has 1 unspecified atom stereocenters. The Morgan fingerprint density at radius 3 is 2.75 bits per heavy atom. The van der Waals surface area contributed by atoms with Crippen molar-refractivity contribution in [1.29, 1.82) is 0 Å². The Kier molecular flexibility index (Phi) is 4.20. The van der Waals surface area contributed by atoms with Gasteiger partial charge < -0.3 is 10.4 Å². The van der Waals surface area contributed by atoms with Crippen molar-refractivity contribution in [2.75, 3.05) is 6.54 Å². The highest BCUT2D eigenvalue weighted by atomic mass is 16.3. The van der Waals surface area contributed by atoms with Crippen LogP contribution in [-0.2, 0) is 0 Å². The highest BCUT2D eigenvalue weighted by Gasteiger charge is 2.21. The van der Waals surface area contributed by atoms with Crippen LogP contribution in [0.15, 0.2) is 36.5 Å².